The molecule has 156 valence electrons. The molecule has 2 heterocycles. The zero-order chi connectivity index (χ0) is 20.9. The summed E-state index contributed by atoms with van der Waals surface area (Å²) in [7, 11) is -3.32. The van der Waals surface area contributed by atoms with Gasteiger partial charge >= 0.3 is 0 Å². The van der Waals surface area contributed by atoms with Crippen LogP contribution in [0, 0.1) is 24.5 Å². The summed E-state index contributed by atoms with van der Waals surface area (Å²) in [6.07, 6.45) is 2.33. The van der Waals surface area contributed by atoms with E-state index >= 15 is 0 Å². The third-order valence-electron chi connectivity index (χ3n) is 5.61. The zero-order valence-corrected chi connectivity index (χ0v) is 17.7. The van der Waals surface area contributed by atoms with Gasteiger partial charge in [-0.3, -0.25) is 4.79 Å². The Kier molecular flexibility index (Phi) is 5.25. The fraction of sp³-hybridized carbons (Fsp3) is 0.450. The van der Waals surface area contributed by atoms with E-state index in [9.17, 15) is 22.0 Å². The molecule has 1 aromatic heterocycles. The lowest BCUT2D eigenvalue weighted by Crippen LogP contribution is -2.38. The van der Waals surface area contributed by atoms with Crippen molar-refractivity contribution < 1.29 is 22.0 Å². The van der Waals surface area contributed by atoms with Gasteiger partial charge in [0.1, 0.15) is 11.6 Å². The van der Waals surface area contributed by atoms with E-state index in [1.54, 1.807) is 10.3 Å². The molecule has 4 rings (SSSR count). The molecule has 1 aliphatic carbocycles. The van der Waals surface area contributed by atoms with Gasteiger partial charge in [0.05, 0.1) is 11.8 Å². The number of likely N-dealkylation sites (tertiary alicyclic amines) is 1. The van der Waals surface area contributed by atoms with E-state index in [4.69, 9.17) is 0 Å². The van der Waals surface area contributed by atoms with Crippen molar-refractivity contribution in [2.75, 3.05) is 19.3 Å². The topological polar surface area (TPSA) is 66.5 Å². The van der Waals surface area contributed by atoms with Crippen molar-refractivity contribution >= 4 is 27.3 Å². The van der Waals surface area contributed by atoms with Crippen LogP contribution in [0.2, 0.25) is 0 Å². The molecule has 9 heteroatoms. The molecular weight excluding hydrogens is 418 g/mol. The van der Waals surface area contributed by atoms with Gasteiger partial charge in [-0.15, -0.1) is 11.3 Å². The third-order valence-corrected chi connectivity index (χ3v) is 7.30. The fourth-order valence-corrected chi connectivity index (χ4v) is 5.98. The van der Waals surface area contributed by atoms with Gasteiger partial charge in [-0.05, 0) is 48.8 Å². The summed E-state index contributed by atoms with van der Waals surface area (Å²) in [4.78, 5) is 15.6. The maximum Gasteiger partial charge on any atom is 0.226 e. The Labute approximate surface area is 172 Å². The van der Waals surface area contributed by atoms with Crippen LogP contribution in [0.15, 0.2) is 23.6 Å². The lowest BCUT2D eigenvalue weighted by Gasteiger charge is -2.17. The average molecular weight is 441 g/mol. The summed E-state index contributed by atoms with van der Waals surface area (Å²) < 4.78 is 54.0. The number of benzene rings is 1. The number of nitrogens with one attached hydrogen (secondary N) is 1. The monoisotopic (exact) mass is 440 g/mol. The minimum absolute atomic E-state index is 0.0154. The molecule has 5 nitrogen and oxygen atoms in total. The smallest absolute Gasteiger partial charge is 0.226 e. The van der Waals surface area contributed by atoms with Gasteiger partial charge in [-0.2, -0.15) is 0 Å². The number of nitrogens with zero attached hydrogens (tertiary/aromatic N) is 1. The first-order valence-corrected chi connectivity index (χ1v) is 12.2. The lowest BCUT2D eigenvalue weighted by atomic mass is 9.97. The van der Waals surface area contributed by atoms with E-state index in [-0.39, 0.29) is 29.3 Å². The van der Waals surface area contributed by atoms with E-state index in [1.807, 2.05) is 6.92 Å². The van der Waals surface area contributed by atoms with Crippen LogP contribution in [0.3, 0.4) is 0 Å². The Balaban J connectivity index is 1.52. The largest absolute Gasteiger partial charge is 0.341 e. The van der Waals surface area contributed by atoms with Crippen LogP contribution in [-0.4, -0.2) is 44.6 Å². The Hall–Kier alpha value is -1.84. The van der Waals surface area contributed by atoms with Gasteiger partial charge in [0, 0.05) is 35.5 Å². The van der Waals surface area contributed by atoms with Gasteiger partial charge in [0.25, 0.3) is 0 Å². The number of amides is 1. The van der Waals surface area contributed by atoms with Crippen molar-refractivity contribution in [2.45, 2.75) is 31.7 Å². The van der Waals surface area contributed by atoms with Gasteiger partial charge in [0.15, 0.2) is 0 Å². The van der Waals surface area contributed by atoms with E-state index in [2.05, 4.69) is 4.72 Å². The van der Waals surface area contributed by atoms with E-state index < -0.39 is 21.7 Å². The molecule has 0 radical (unpaired) electrons. The molecule has 2 aliphatic rings. The first-order chi connectivity index (χ1) is 13.7. The third kappa shape index (κ3) is 4.08. The van der Waals surface area contributed by atoms with Gasteiger partial charge in [0.2, 0.25) is 15.9 Å². The number of carbonyl (C=O) groups is 1. The second-order valence-corrected chi connectivity index (χ2v) is 10.7. The van der Waals surface area contributed by atoms with Crippen LogP contribution < -0.4 is 4.72 Å². The molecule has 1 amide bonds. The van der Waals surface area contributed by atoms with Crippen molar-refractivity contribution in [1.29, 1.82) is 0 Å². The normalized spacial score (nSPS) is 24.1. The predicted molar refractivity (Wildman–Crippen MR) is 108 cm³/mol. The molecule has 0 bridgehead atoms. The quantitative estimate of drug-likeness (QED) is 0.776. The molecule has 2 fully saturated rings. The minimum Gasteiger partial charge on any atom is -0.341 e. The van der Waals surface area contributed by atoms with Crippen LogP contribution in [-0.2, 0) is 14.8 Å². The Morgan fingerprint density at radius 3 is 2.62 bits per heavy atom. The number of rotatable bonds is 5. The molecular formula is C20H22F2N2O3S2. The SMILES string of the molecule is Cc1scc(-c2c(F)cccc2F)c1[C@@H]1C[C@H]1C(=O)N1CC[C@@H](NS(C)(=O)=O)C1. The molecule has 1 saturated heterocycles. The second-order valence-electron chi connectivity index (χ2n) is 7.82. The van der Waals surface area contributed by atoms with Crippen LogP contribution in [0.5, 0.6) is 0 Å². The summed E-state index contributed by atoms with van der Waals surface area (Å²) in [6.45, 7) is 2.77. The minimum atomic E-state index is -3.32. The summed E-state index contributed by atoms with van der Waals surface area (Å²) >= 11 is 1.43. The molecule has 1 aliphatic heterocycles. The van der Waals surface area contributed by atoms with Crippen molar-refractivity contribution in [3.05, 3.63) is 45.7 Å². The zero-order valence-electron chi connectivity index (χ0n) is 16.1. The van der Waals surface area contributed by atoms with Gasteiger partial charge in [-0.1, -0.05) is 6.07 Å². The van der Waals surface area contributed by atoms with Crippen molar-refractivity contribution in [1.82, 2.24) is 9.62 Å². The molecule has 1 N–H and O–H groups in total. The number of hydrogen-bond donors (Lipinski definition) is 1. The van der Waals surface area contributed by atoms with Crippen LogP contribution in [0.25, 0.3) is 11.1 Å². The highest BCUT2D eigenvalue weighted by atomic mass is 32.2. The summed E-state index contributed by atoms with van der Waals surface area (Å²) in [6, 6.07) is 3.55. The Morgan fingerprint density at radius 1 is 1.28 bits per heavy atom. The van der Waals surface area contributed by atoms with Crippen molar-refractivity contribution in [3.8, 4) is 11.1 Å². The summed E-state index contributed by atoms with van der Waals surface area (Å²) in [5.74, 6) is -1.53. The summed E-state index contributed by atoms with van der Waals surface area (Å²) in [5, 5.41) is 1.76. The van der Waals surface area contributed by atoms with E-state index in [1.165, 1.54) is 29.5 Å². The number of thiophene rings is 1. The van der Waals surface area contributed by atoms with Crippen molar-refractivity contribution in [3.63, 3.8) is 0 Å². The van der Waals surface area contributed by atoms with Crippen LogP contribution >= 0.6 is 11.3 Å². The first-order valence-electron chi connectivity index (χ1n) is 9.44. The molecule has 3 atom stereocenters. The summed E-state index contributed by atoms with van der Waals surface area (Å²) in [5.41, 5.74) is 1.34. The van der Waals surface area contributed by atoms with Gasteiger partial charge < -0.3 is 4.90 Å². The molecule has 2 aromatic rings. The van der Waals surface area contributed by atoms with Crippen LogP contribution in [0.4, 0.5) is 8.78 Å². The lowest BCUT2D eigenvalue weighted by molar-refractivity contribution is -0.131. The Bertz CT molecular complexity index is 1050. The number of carbonyl (C=O) groups excluding carboxylic acids is 1. The average Bonchev–Trinajstić information content (AvgIpc) is 3.11. The number of aryl methyl sites for hydroxylation is 1. The maximum atomic E-state index is 14.3. The molecule has 1 saturated carbocycles. The Morgan fingerprint density at radius 2 is 1.97 bits per heavy atom. The predicted octanol–water partition coefficient (Wildman–Crippen LogP) is 3.26. The van der Waals surface area contributed by atoms with Crippen molar-refractivity contribution in [2.24, 2.45) is 5.92 Å². The van der Waals surface area contributed by atoms with E-state index in [0.29, 0.717) is 31.5 Å². The highest BCUT2D eigenvalue weighted by Crippen LogP contribution is 2.54. The molecule has 0 spiro atoms. The molecule has 1 aromatic carbocycles. The standard InChI is InChI=1S/C20H22F2N2O3S2/c1-11-18(15(10-28-11)19-16(21)4-3-5-17(19)22)13-8-14(13)20(25)24-7-6-12(9-24)23-29(2,26)27/h3-5,10,12-14,23H,6-9H2,1-2H3/t12-,13-,14-/m1/s1. The molecule has 0 unspecified atom stereocenters. The van der Waals surface area contributed by atoms with Crippen LogP contribution in [0.1, 0.15) is 29.2 Å². The van der Waals surface area contributed by atoms with E-state index in [0.717, 1.165) is 16.7 Å². The molecule has 29 heavy (non-hydrogen) atoms. The number of hydrogen-bond acceptors (Lipinski definition) is 4. The first kappa shape index (κ1) is 20.4. The fourth-order valence-electron chi connectivity index (χ4n) is 4.25. The highest BCUT2D eigenvalue weighted by Gasteiger charge is 2.49. The van der Waals surface area contributed by atoms with Gasteiger partial charge in [-0.25, -0.2) is 21.9 Å². The number of halogens is 2. The maximum absolute atomic E-state index is 14.3. The number of sulfonamides is 1. The second kappa shape index (κ2) is 7.45. The highest BCUT2D eigenvalue weighted by molar-refractivity contribution is 7.88.